The van der Waals surface area contributed by atoms with Crippen molar-refractivity contribution < 1.29 is 13.2 Å². The van der Waals surface area contributed by atoms with Crippen LogP contribution >= 0.6 is 0 Å². The third-order valence-corrected chi connectivity index (χ3v) is 4.41. The van der Waals surface area contributed by atoms with Gasteiger partial charge in [0.2, 0.25) is 15.9 Å². The van der Waals surface area contributed by atoms with Gasteiger partial charge in [0.1, 0.15) is 6.04 Å². The van der Waals surface area contributed by atoms with Crippen molar-refractivity contribution in [3.63, 3.8) is 0 Å². The van der Waals surface area contributed by atoms with Gasteiger partial charge in [-0.3, -0.25) is 4.79 Å². The number of benzene rings is 1. The Morgan fingerprint density at radius 1 is 1.32 bits per heavy atom. The fourth-order valence-electron chi connectivity index (χ4n) is 1.54. The summed E-state index contributed by atoms with van der Waals surface area (Å²) in [5.41, 5.74) is 5.79. The van der Waals surface area contributed by atoms with Gasteiger partial charge in [0.25, 0.3) is 0 Å². The zero-order valence-corrected chi connectivity index (χ0v) is 11.4. The maximum atomic E-state index is 11.9. The molecule has 1 aromatic rings. The minimum atomic E-state index is -3.43. The lowest BCUT2D eigenvalue weighted by atomic mass is 10.2. The highest BCUT2D eigenvalue weighted by Crippen LogP contribution is 2.22. The van der Waals surface area contributed by atoms with Crippen LogP contribution in [0.2, 0.25) is 0 Å². The molecule has 6 nitrogen and oxygen atoms in total. The Labute approximate surface area is 112 Å². The fraction of sp³-hybridized carbons (Fsp3) is 0.417. The van der Waals surface area contributed by atoms with E-state index in [1.807, 2.05) is 0 Å². The van der Waals surface area contributed by atoms with Gasteiger partial charge in [0.15, 0.2) is 0 Å². The number of rotatable bonds is 6. The highest BCUT2D eigenvalue weighted by molar-refractivity contribution is 7.89. The first-order chi connectivity index (χ1) is 8.88. The van der Waals surface area contributed by atoms with Crippen molar-refractivity contribution >= 4 is 21.6 Å². The molecule has 1 amide bonds. The van der Waals surface area contributed by atoms with Crippen LogP contribution in [0.5, 0.6) is 0 Å². The van der Waals surface area contributed by atoms with Gasteiger partial charge in [-0.2, -0.15) is 0 Å². The van der Waals surface area contributed by atoms with E-state index in [0.717, 1.165) is 12.8 Å². The van der Waals surface area contributed by atoms with Gasteiger partial charge < -0.3 is 11.1 Å². The molecule has 1 aliphatic rings. The molecule has 0 heterocycles. The molecule has 1 fully saturated rings. The van der Waals surface area contributed by atoms with Crippen LogP contribution in [0.15, 0.2) is 29.2 Å². The second-order valence-electron chi connectivity index (χ2n) is 4.69. The largest absolute Gasteiger partial charge is 0.374 e. The number of nitrogens with one attached hydrogen (secondary N) is 2. The highest BCUT2D eigenvalue weighted by Gasteiger charge is 2.27. The average Bonchev–Trinajstić information content (AvgIpc) is 3.12. The molecule has 7 heteroatoms. The van der Waals surface area contributed by atoms with Crippen molar-refractivity contribution in [1.82, 2.24) is 4.72 Å². The van der Waals surface area contributed by atoms with Crippen LogP contribution in [0.4, 0.5) is 5.69 Å². The van der Waals surface area contributed by atoms with E-state index >= 15 is 0 Å². The number of hydrogen-bond acceptors (Lipinski definition) is 4. The molecular weight excluding hydrogens is 266 g/mol. The Bertz CT molecular complexity index is 564. The van der Waals surface area contributed by atoms with Crippen molar-refractivity contribution in [3.8, 4) is 0 Å². The first kappa shape index (κ1) is 13.8. The minimum Gasteiger partial charge on any atom is -0.374 e. The molecule has 1 aromatic carbocycles. The molecule has 4 N–H and O–H groups in total. The van der Waals surface area contributed by atoms with E-state index in [4.69, 9.17) is 5.73 Å². The lowest BCUT2D eigenvalue weighted by Crippen LogP contribution is -2.32. The Morgan fingerprint density at radius 2 is 1.89 bits per heavy atom. The summed E-state index contributed by atoms with van der Waals surface area (Å²) in [4.78, 5) is 11.1. The zero-order valence-electron chi connectivity index (χ0n) is 10.6. The maximum Gasteiger partial charge on any atom is 0.240 e. The first-order valence-corrected chi connectivity index (χ1v) is 7.55. The topological polar surface area (TPSA) is 101 Å². The normalized spacial score (nSPS) is 16.9. The average molecular weight is 283 g/mol. The standard InChI is InChI=1S/C12H17N3O3S/c1-8(12(13)16)14-9-4-6-11(7-5-9)19(17,18)15-10-2-3-10/h4-8,10,14-15H,2-3H2,1H3,(H2,13,16). The molecule has 1 atom stereocenters. The van der Waals surface area contributed by atoms with E-state index < -0.39 is 22.0 Å². The van der Waals surface area contributed by atoms with Crippen molar-refractivity contribution in [3.05, 3.63) is 24.3 Å². The van der Waals surface area contributed by atoms with Crippen LogP contribution in [-0.2, 0) is 14.8 Å². The summed E-state index contributed by atoms with van der Waals surface area (Å²) >= 11 is 0. The third-order valence-electron chi connectivity index (χ3n) is 2.87. The number of amides is 1. The summed E-state index contributed by atoms with van der Waals surface area (Å²) in [5, 5.41) is 2.88. The van der Waals surface area contributed by atoms with Crippen LogP contribution < -0.4 is 15.8 Å². The SMILES string of the molecule is CC(Nc1ccc(S(=O)(=O)NC2CC2)cc1)C(N)=O. The molecule has 0 aliphatic heterocycles. The van der Waals surface area contributed by atoms with Gasteiger partial charge in [0, 0.05) is 11.7 Å². The predicted molar refractivity (Wildman–Crippen MR) is 72.1 cm³/mol. The molecule has 2 rings (SSSR count). The fourth-order valence-corrected chi connectivity index (χ4v) is 2.85. The van der Waals surface area contributed by atoms with E-state index in [1.54, 1.807) is 19.1 Å². The highest BCUT2D eigenvalue weighted by atomic mass is 32.2. The van der Waals surface area contributed by atoms with Crippen molar-refractivity contribution in [2.45, 2.75) is 36.7 Å². The first-order valence-electron chi connectivity index (χ1n) is 6.07. The van der Waals surface area contributed by atoms with E-state index in [2.05, 4.69) is 10.0 Å². The number of anilines is 1. The minimum absolute atomic E-state index is 0.0812. The smallest absolute Gasteiger partial charge is 0.240 e. The second-order valence-corrected chi connectivity index (χ2v) is 6.40. The van der Waals surface area contributed by atoms with Gasteiger partial charge in [-0.05, 0) is 44.0 Å². The number of carbonyl (C=O) groups is 1. The Hall–Kier alpha value is -1.60. The summed E-state index contributed by atoms with van der Waals surface area (Å²) in [6, 6.07) is 5.80. The molecular formula is C12H17N3O3S. The van der Waals surface area contributed by atoms with Crippen LogP contribution in [0.25, 0.3) is 0 Å². The lowest BCUT2D eigenvalue weighted by Gasteiger charge is -2.12. The van der Waals surface area contributed by atoms with Gasteiger partial charge in [-0.25, -0.2) is 13.1 Å². The van der Waals surface area contributed by atoms with E-state index in [1.165, 1.54) is 12.1 Å². The van der Waals surface area contributed by atoms with E-state index in [9.17, 15) is 13.2 Å². The molecule has 0 bridgehead atoms. The second kappa shape index (κ2) is 5.18. The quantitative estimate of drug-likeness (QED) is 0.704. The van der Waals surface area contributed by atoms with Gasteiger partial charge in [0.05, 0.1) is 4.90 Å². The number of sulfonamides is 1. The Morgan fingerprint density at radius 3 is 2.37 bits per heavy atom. The molecule has 1 aliphatic carbocycles. The summed E-state index contributed by atoms with van der Waals surface area (Å²) < 4.78 is 26.4. The molecule has 19 heavy (non-hydrogen) atoms. The van der Waals surface area contributed by atoms with Crippen molar-refractivity contribution in [2.24, 2.45) is 5.73 Å². The van der Waals surface area contributed by atoms with Crippen LogP contribution in [0.3, 0.4) is 0 Å². The van der Waals surface area contributed by atoms with Gasteiger partial charge in [-0.1, -0.05) is 0 Å². The predicted octanol–water partition coefficient (Wildman–Crippen LogP) is 0.413. The summed E-state index contributed by atoms with van der Waals surface area (Å²) in [6.45, 7) is 1.64. The Balaban J connectivity index is 2.07. The number of primary amides is 1. The number of carbonyl (C=O) groups excluding carboxylic acids is 1. The van der Waals surface area contributed by atoms with Crippen LogP contribution in [0.1, 0.15) is 19.8 Å². The molecule has 0 aromatic heterocycles. The monoisotopic (exact) mass is 283 g/mol. The van der Waals surface area contributed by atoms with Crippen molar-refractivity contribution in [2.75, 3.05) is 5.32 Å². The summed E-state index contributed by atoms with van der Waals surface area (Å²) in [7, 11) is -3.43. The molecule has 0 spiro atoms. The van der Waals surface area contributed by atoms with Crippen LogP contribution in [-0.4, -0.2) is 26.4 Å². The van der Waals surface area contributed by atoms with Gasteiger partial charge >= 0.3 is 0 Å². The summed E-state index contributed by atoms with van der Waals surface area (Å²) in [5.74, 6) is -0.466. The lowest BCUT2D eigenvalue weighted by molar-refractivity contribution is -0.118. The maximum absolute atomic E-state index is 11.9. The van der Waals surface area contributed by atoms with E-state index in [0.29, 0.717) is 5.69 Å². The summed E-state index contributed by atoms with van der Waals surface area (Å²) in [6.07, 6.45) is 1.80. The molecule has 104 valence electrons. The molecule has 0 radical (unpaired) electrons. The third kappa shape index (κ3) is 3.68. The van der Waals surface area contributed by atoms with Gasteiger partial charge in [-0.15, -0.1) is 0 Å². The molecule has 1 unspecified atom stereocenters. The van der Waals surface area contributed by atoms with Crippen LogP contribution in [0, 0.1) is 0 Å². The Kier molecular flexibility index (Phi) is 3.77. The zero-order chi connectivity index (χ0) is 14.0. The molecule has 1 saturated carbocycles. The molecule has 0 saturated heterocycles. The van der Waals surface area contributed by atoms with Crippen molar-refractivity contribution in [1.29, 1.82) is 0 Å². The van der Waals surface area contributed by atoms with E-state index in [-0.39, 0.29) is 10.9 Å². The number of nitrogens with two attached hydrogens (primary N) is 1. The number of hydrogen-bond donors (Lipinski definition) is 3.